The predicted octanol–water partition coefficient (Wildman–Crippen LogP) is 3.86. The van der Waals surface area contributed by atoms with Gasteiger partial charge in [0.05, 0.1) is 0 Å². The van der Waals surface area contributed by atoms with Crippen LogP contribution >= 0.6 is 0 Å². The first-order chi connectivity index (χ1) is 7.60. The lowest BCUT2D eigenvalue weighted by Crippen LogP contribution is -2.21. The van der Waals surface area contributed by atoms with Gasteiger partial charge in [0.25, 0.3) is 0 Å². The van der Waals surface area contributed by atoms with Gasteiger partial charge in [0, 0.05) is 0 Å². The maximum Gasteiger partial charge on any atom is 0.404 e. The third-order valence-electron chi connectivity index (χ3n) is 2.96. The van der Waals surface area contributed by atoms with Gasteiger partial charge in [0.2, 0.25) is 0 Å². The van der Waals surface area contributed by atoms with Crippen molar-refractivity contribution in [3.8, 4) is 0 Å². The first-order valence-corrected chi connectivity index (χ1v) is 6.56. The highest BCUT2D eigenvalue weighted by Crippen LogP contribution is 2.21. The Morgan fingerprint density at radius 1 is 1.12 bits per heavy atom. The molecule has 0 aromatic rings. The van der Waals surface area contributed by atoms with Crippen LogP contribution in [0.15, 0.2) is 0 Å². The van der Waals surface area contributed by atoms with Crippen LogP contribution in [0.5, 0.6) is 0 Å². The van der Waals surface area contributed by atoms with Gasteiger partial charge in [-0.2, -0.15) is 0 Å². The molecule has 16 heavy (non-hydrogen) atoms. The molecule has 2 N–H and O–H groups in total. The predicted molar refractivity (Wildman–Crippen MR) is 67.3 cm³/mol. The second-order valence-corrected chi connectivity index (χ2v) is 4.62. The molecule has 0 aliphatic carbocycles. The van der Waals surface area contributed by atoms with Crippen LogP contribution in [-0.4, -0.2) is 12.2 Å². The lowest BCUT2D eigenvalue weighted by atomic mass is 9.91. The molecule has 3 nitrogen and oxygen atoms in total. The molecule has 0 fully saturated rings. The van der Waals surface area contributed by atoms with Crippen LogP contribution < -0.4 is 5.73 Å². The van der Waals surface area contributed by atoms with Gasteiger partial charge in [0.15, 0.2) is 0 Å². The van der Waals surface area contributed by atoms with E-state index in [0.717, 1.165) is 18.8 Å². The van der Waals surface area contributed by atoms with E-state index in [0.29, 0.717) is 0 Å². The van der Waals surface area contributed by atoms with Crippen LogP contribution in [0.25, 0.3) is 0 Å². The Bertz CT molecular complexity index is 183. The van der Waals surface area contributed by atoms with Crippen molar-refractivity contribution in [3.05, 3.63) is 0 Å². The van der Waals surface area contributed by atoms with E-state index in [-0.39, 0.29) is 6.10 Å². The molecule has 2 unspecified atom stereocenters. The first-order valence-electron chi connectivity index (χ1n) is 6.56. The number of carbonyl (C=O) groups is 1. The second kappa shape index (κ2) is 9.49. The van der Waals surface area contributed by atoms with E-state index >= 15 is 0 Å². The number of hydrogen-bond acceptors (Lipinski definition) is 2. The van der Waals surface area contributed by atoms with E-state index in [4.69, 9.17) is 10.5 Å². The van der Waals surface area contributed by atoms with Crippen LogP contribution in [-0.2, 0) is 4.74 Å². The molecule has 0 heterocycles. The highest BCUT2D eigenvalue weighted by Gasteiger charge is 2.11. The minimum absolute atomic E-state index is 0.0431. The Labute approximate surface area is 99.7 Å². The summed E-state index contributed by atoms with van der Waals surface area (Å²) in [5, 5.41) is 0. The molecule has 1 amide bonds. The summed E-state index contributed by atoms with van der Waals surface area (Å²) in [6, 6.07) is 0. The summed E-state index contributed by atoms with van der Waals surface area (Å²) in [7, 11) is 0. The summed E-state index contributed by atoms with van der Waals surface area (Å²) in [6.07, 6.45) is 7.74. The minimum Gasteiger partial charge on any atom is -0.447 e. The number of unbranched alkanes of at least 4 members (excludes halogenated alkanes) is 1. The third-order valence-corrected chi connectivity index (χ3v) is 2.96. The molecule has 0 saturated heterocycles. The zero-order chi connectivity index (χ0) is 12.4. The highest BCUT2D eigenvalue weighted by molar-refractivity contribution is 5.64. The summed E-state index contributed by atoms with van der Waals surface area (Å²) >= 11 is 0. The van der Waals surface area contributed by atoms with Gasteiger partial charge in [-0.3, -0.25) is 0 Å². The zero-order valence-corrected chi connectivity index (χ0v) is 11.0. The SMILES string of the molecule is CCCCC(CCC)CCC(C)OC(N)=O. The quantitative estimate of drug-likeness (QED) is 0.652. The third kappa shape index (κ3) is 8.57. The molecule has 96 valence electrons. The molecule has 0 rings (SSSR count). The van der Waals surface area contributed by atoms with Crippen molar-refractivity contribution in [1.82, 2.24) is 0 Å². The molecule has 0 spiro atoms. The van der Waals surface area contributed by atoms with Crippen molar-refractivity contribution in [1.29, 1.82) is 0 Å². The molecule has 3 heteroatoms. The molecule has 2 atom stereocenters. The molecular formula is C13H27NO2. The maximum absolute atomic E-state index is 10.6. The molecular weight excluding hydrogens is 202 g/mol. The smallest absolute Gasteiger partial charge is 0.404 e. The van der Waals surface area contributed by atoms with E-state index in [9.17, 15) is 4.79 Å². The van der Waals surface area contributed by atoms with Crippen molar-refractivity contribution < 1.29 is 9.53 Å². The Hall–Kier alpha value is -0.730. The lowest BCUT2D eigenvalue weighted by molar-refractivity contribution is 0.106. The van der Waals surface area contributed by atoms with E-state index in [1.807, 2.05) is 6.92 Å². The number of carbonyl (C=O) groups excluding carboxylic acids is 1. The van der Waals surface area contributed by atoms with Gasteiger partial charge in [-0.25, -0.2) is 4.79 Å². The lowest BCUT2D eigenvalue weighted by Gasteiger charge is -2.18. The number of primary amides is 1. The van der Waals surface area contributed by atoms with Crippen LogP contribution in [0, 0.1) is 5.92 Å². The molecule has 0 aromatic heterocycles. The summed E-state index contributed by atoms with van der Waals surface area (Å²) in [6.45, 7) is 6.36. The van der Waals surface area contributed by atoms with Crippen LogP contribution in [0.1, 0.15) is 65.7 Å². The molecule has 0 aliphatic heterocycles. The molecule has 0 radical (unpaired) electrons. The van der Waals surface area contributed by atoms with Crippen molar-refractivity contribution in [2.75, 3.05) is 0 Å². The Morgan fingerprint density at radius 3 is 2.31 bits per heavy atom. The number of rotatable bonds is 9. The summed E-state index contributed by atoms with van der Waals surface area (Å²) in [5.41, 5.74) is 4.98. The highest BCUT2D eigenvalue weighted by atomic mass is 16.6. The fraction of sp³-hybridized carbons (Fsp3) is 0.923. The van der Waals surface area contributed by atoms with Crippen molar-refractivity contribution >= 4 is 6.09 Å². The Balaban J connectivity index is 3.76. The van der Waals surface area contributed by atoms with E-state index in [1.54, 1.807) is 0 Å². The van der Waals surface area contributed by atoms with Gasteiger partial charge in [-0.05, 0) is 25.7 Å². The fourth-order valence-electron chi connectivity index (χ4n) is 2.06. The van der Waals surface area contributed by atoms with Crippen LogP contribution in [0.3, 0.4) is 0 Å². The van der Waals surface area contributed by atoms with Crippen molar-refractivity contribution in [3.63, 3.8) is 0 Å². The number of nitrogens with two attached hydrogens (primary N) is 1. The molecule has 0 bridgehead atoms. The maximum atomic E-state index is 10.6. The van der Waals surface area contributed by atoms with Gasteiger partial charge in [-0.15, -0.1) is 0 Å². The first kappa shape index (κ1) is 15.3. The van der Waals surface area contributed by atoms with Crippen molar-refractivity contribution in [2.24, 2.45) is 11.7 Å². The topological polar surface area (TPSA) is 52.3 Å². The Kier molecular flexibility index (Phi) is 9.06. The van der Waals surface area contributed by atoms with Gasteiger partial charge >= 0.3 is 6.09 Å². The fourth-order valence-corrected chi connectivity index (χ4v) is 2.06. The zero-order valence-electron chi connectivity index (χ0n) is 11.0. The molecule has 0 aromatic carbocycles. The van der Waals surface area contributed by atoms with Gasteiger partial charge < -0.3 is 10.5 Å². The second-order valence-electron chi connectivity index (χ2n) is 4.62. The molecule has 0 saturated carbocycles. The summed E-state index contributed by atoms with van der Waals surface area (Å²) in [5.74, 6) is 0.781. The largest absolute Gasteiger partial charge is 0.447 e. The average Bonchev–Trinajstić information content (AvgIpc) is 2.21. The van der Waals surface area contributed by atoms with Crippen LogP contribution in [0.2, 0.25) is 0 Å². The van der Waals surface area contributed by atoms with Gasteiger partial charge in [0.1, 0.15) is 6.10 Å². The Morgan fingerprint density at radius 2 is 1.81 bits per heavy atom. The molecule has 0 aliphatic rings. The summed E-state index contributed by atoms with van der Waals surface area (Å²) < 4.78 is 4.92. The van der Waals surface area contributed by atoms with Crippen LogP contribution in [0.4, 0.5) is 4.79 Å². The number of ether oxygens (including phenoxy) is 1. The average molecular weight is 229 g/mol. The normalized spacial score (nSPS) is 14.4. The van der Waals surface area contributed by atoms with E-state index in [1.165, 1.54) is 32.1 Å². The van der Waals surface area contributed by atoms with Gasteiger partial charge in [-0.1, -0.05) is 46.0 Å². The monoisotopic (exact) mass is 229 g/mol. The number of amides is 1. The van der Waals surface area contributed by atoms with Crippen molar-refractivity contribution in [2.45, 2.75) is 71.8 Å². The van der Waals surface area contributed by atoms with E-state index < -0.39 is 6.09 Å². The minimum atomic E-state index is -0.659. The summed E-state index contributed by atoms with van der Waals surface area (Å²) in [4.78, 5) is 10.6. The number of hydrogen-bond donors (Lipinski definition) is 1. The van der Waals surface area contributed by atoms with E-state index in [2.05, 4.69) is 13.8 Å². The standard InChI is InChI=1S/C13H27NO2/c1-4-6-8-12(7-5-2)10-9-11(3)16-13(14)15/h11-12H,4-10H2,1-3H3,(H2,14,15).